The molecule has 0 radical (unpaired) electrons. The maximum atomic E-state index is 13.3. The molecule has 138 valence electrons. The lowest BCUT2D eigenvalue weighted by Gasteiger charge is -2.30. The molecule has 5 nitrogen and oxygen atoms in total. The van der Waals surface area contributed by atoms with Crippen molar-refractivity contribution in [3.8, 4) is 0 Å². The average molecular weight is 383 g/mol. The van der Waals surface area contributed by atoms with E-state index in [1.807, 2.05) is 29.0 Å². The highest BCUT2D eigenvalue weighted by atomic mass is 35.5. The summed E-state index contributed by atoms with van der Waals surface area (Å²) in [5.41, 5.74) is 1.15. The summed E-state index contributed by atoms with van der Waals surface area (Å²) in [5.74, 6) is 0.435. The third kappa shape index (κ3) is 4.43. The summed E-state index contributed by atoms with van der Waals surface area (Å²) in [6, 6.07) is 4.45. The molecule has 0 unspecified atom stereocenters. The van der Waals surface area contributed by atoms with Crippen LogP contribution in [0.5, 0.6) is 0 Å². The second-order valence-corrected chi connectivity index (χ2v) is 8.26. The summed E-state index contributed by atoms with van der Waals surface area (Å²) in [6.45, 7) is 8.58. The van der Waals surface area contributed by atoms with Gasteiger partial charge in [0.05, 0.1) is 18.7 Å². The Morgan fingerprint density at radius 2 is 2.20 bits per heavy atom. The molecule has 0 aromatic carbocycles. The molecule has 3 heterocycles. The summed E-state index contributed by atoms with van der Waals surface area (Å²) in [7, 11) is 1.92. The molecule has 1 aliphatic rings. The van der Waals surface area contributed by atoms with Crippen LogP contribution in [0.2, 0.25) is 0 Å². The standard InChI is InChI=1S/C18H26N4OS.ClH/c1-12(2)22(11-15-6-5-13(3)24-15)18(23)17-9-19-8-16(17)14-7-20-21(4)10-14;/h5-7,10,12,16-17,19H,8-9,11H2,1-4H3;1H/t16-,17+;/m1./s1. The van der Waals surface area contributed by atoms with Gasteiger partial charge in [0.1, 0.15) is 0 Å². The van der Waals surface area contributed by atoms with Crippen molar-refractivity contribution < 1.29 is 4.79 Å². The van der Waals surface area contributed by atoms with Crippen molar-refractivity contribution in [1.29, 1.82) is 0 Å². The van der Waals surface area contributed by atoms with Crippen LogP contribution in [0, 0.1) is 12.8 Å². The fourth-order valence-electron chi connectivity index (χ4n) is 3.39. The number of carbonyl (C=O) groups is 1. The predicted octanol–water partition coefficient (Wildman–Crippen LogP) is 2.95. The van der Waals surface area contributed by atoms with Crippen LogP contribution >= 0.6 is 23.7 Å². The molecule has 7 heteroatoms. The first kappa shape index (κ1) is 19.9. The van der Waals surface area contributed by atoms with Gasteiger partial charge in [-0.3, -0.25) is 9.48 Å². The van der Waals surface area contributed by atoms with Gasteiger partial charge < -0.3 is 10.2 Å². The van der Waals surface area contributed by atoms with Crippen molar-refractivity contribution in [1.82, 2.24) is 20.0 Å². The van der Waals surface area contributed by atoms with Crippen LogP contribution in [0.3, 0.4) is 0 Å². The summed E-state index contributed by atoms with van der Waals surface area (Å²) < 4.78 is 1.81. The lowest BCUT2D eigenvalue weighted by molar-refractivity contribution is -0.137. The molecule has 0 spiro atoms. The molecule has 25 heavy (non-hydrogen) atoms. The topological polar surface area (TPSA) is 50.2 Å². The SMILES string of the molecule is Cc1ccc(CN(C(=O)[C@H]2CNC[C@@H]2c2cnn(C)c2)C(C)C)s1.Cl. The van der Waals surface area contributed by atoms with E-state index >= 15 is 0 Å². The van der Waals surface area contributed by atoms with Crippen LogP contribution < -0.4 is 5.32 Å². The van der Waals surface area contributed by atoms with Gasteiger partial charge in [-0.05, 0) is 38.5 Å². The van der Waals surface area contributed by atoms with Gasteiger partial charge in [-0.25, -0.2) is 0 Å². The van der Waals surface area contributed by atoms with Gasteiger partial charge in [-0.1, -0.05) is 0 Å². The average Bonchev–Trinajstić information content (AvgIpc) is 3.24. The maximum absolute atomic E-state index is 13.3. The summed E-state index contributed by atoms with van der Waals surface area (Å²) in [4.78, 5) is 17.8. The molecule has 1 amide bonds. The molecule has 1 N–H and O–H groups in total. The molecule has 1 fully saturated rings. The lowest BCUT2D eigenvalue weighted by atomic mass is 9.89. The Hall–Kier alpha value is -1.37. The van der Waals surface area contributed by atoms with E-state index in [1.54, 1.807) is 11.3 Å². The first-order valence-corrected chi connectivity index (χ1v) is 9.32. The first-order chi connectivity index (χ1) is 11.5. The predicted molar refractivity (Wildman–Crippen MR) is 104 cm³/mol. The summed E-state index contributed by atoms with van der Waals surface area (Å²) in [5, 5.41) is 7.66. The molecule has 1 saturated heterocycles. The quantitative estimate of drug-likeness (QED) is 0.864. The third-order valence-corrected chi connectivity index (χ3v) is 5.70. The van der Waals surface area contributed by atoms with Crippen LogP contribution in [0.25, 0.3) is 0 Å². The highest BCUT2D eigenvalue weighted by Gasteiger charge is 2.37. The third-order valence-electron chi connectivity index (χ3n) is 4.71. The summed E-state index contributed by atoms with van der Waals surface area (Å²) in [6.07, 6.45) is 3.92. The fourth-order valence-corrected chi connectivity index (χ4v) is 4.28. The molecule has 0 bridgehead atoms. The van der Waals surface area contributed by atoms with E-state index in [1.165, 1.54) is 9.75 Å². The molecule has 2 aromatic heterocycles. The van der Waals surface area contributed by atoms with E-state index in [9.17, 15) is 4.79 Å². The van der Waals surface area contributed by atoms with Crippen LogP contribution in [-0.4, -0.2) is 39.7 Å². The van der Waals surface area contributed by atoms with Crippen LogP contribution in [0.15, 0.2) is 24.5 Å². The number of hydrogen-bond acceptors (Lipinski definition) is 4. The van der Waals surface area contributed by atoms with Crippen molar-refractivity contribution in [2.75, 3.05) is 13.1 Å². The number of hydrogen-bond donors (Lipinski definition) is 1. The van der Waals surface area contributed by atoms with Gasteiger partial charge in [0.15, 0.2) is 0 Å². The molecule has 2 atom stereocenters. The Balaban J connectivity index is 0.00000225. The Labute approximate surface area is 159 Å². The van der Waals surface area contributed by atoms with Gasteiger partial charge in [0.25, 0.3) is 0 Å². The highest BCUT2D eigenvalue weighted by molar-refractivity contribution is 7.11. The zero-order chi connectivity index (χ0) is 17.3. The highest BCUT2D eigenvalue weighted by Crippen LogP contribution is 2.30. The van der Waals surface area contributed by atoms with Crippen LogP contribution in [0.1, 0.15) is 35.1 Å². The second kappa shape index (κ2) is 8.34. The molecule has 2 aromatic rings. The Morgan fingerprint density at radius 1 is 1.44 bits per heavy atom. The minimum absolute atomic E-state index is 0. The van der Waals surface area contributed by atoms with E-state index < -0.39 is 0 Å². The van der Waals surface area contributed by atoms with E-state index in [-0.39, 0.29) is 36.2 Å². The Kier molecular flexibility index (Phi) is 6.65. The van der Waals surface area contributed by atoms with E-state index in [2.05, 4.69) is 43.3 Å². The first-order valence-electron chi connectivity index (χ1n) is 8.50. The Bertz CT molecular complexity index is 708. The van der Waals surface area contributed by atoms with Crippen LogP contribution in [-0.2, 0) is 18.4 Å². The van der Waals surface area contributed by atoms with Crippen LogP contribution in [0.4, 0.5) is 0 Å². The van der Waals surface area contributed by atoms with E-state index in [0.29, 0.717) is 6.54 Å². The van der Waals surface area contributed by atoms with Gasteiger partial charge in [0.2, 0.25) is 5.91 Å². The minimum atomic E-state index is -0.0161. The zero-order valence-electron chi connectivity index (χ0n) is 15.2. The molecule has 1 aliphatic heterocycles. The van der Waals surface area contributed by atoms with Gasteiger partial charge in [-0.15, -0.1) is 23.7 Å². The van der Waals surface area contributed by atoms with E-state index in [4.69, 9.17) is 0 Å². The van der Waals surface area contributed by atoms with Crippen molar-refractivity contribution in [3.05, 3.63) is 39.8 Å². The smallest absolute Gasteiger partial charge is 0.228 e. The van der Waals surface area contributed by atoms with Gasteiger partial charge >= 0.3 is 0 Å². The molecular weight excluding hydrogens is 356 g/mol. The number of nitrogens with one attached hydrogen (secondary N) is 1. The Morgan fingerprint density at radius 3 is 2.76 bits per heavy atom. The van der Waals surface area contributed by atoms with E-state index in [0.717, 1.165) is 18.7 Å². The number of aromatic nitrogens is 2. The lowest BCUT2D eigenvalue weighted by Crippen LogP contribution is -2.42. The number of rotatable bonds is 5. The largest absolute Gasteiger partial charge is 0.335 e. The van der Waals surface area contributed by atoms with Crippen molar-refractivity contribution in [3.63, 3.8) is 0 Å². The number of nitrogens with zero attached hydrogens (tertiary/aromatic N) is 3. The molecular formula is C18H27ClN4OS. The fraction of sp³-hybridized carbons (Fsp3) is 0.556. The monoisotopic (exact) mass is 382 g/mol. The molecule has 0 saturated carbocycles. The number of aryl methyl sites for hydroxylation is 2. The van der Waals surface area contributed by atoms with Gasteiger partial charge in [0, 0.05) is 48.0 Å². The normalized spacial score (nSPS) is 19.9. The number of halogens is 1. The number of thiophene rings is 1. The van der Waals surface area contributed by atoms with Crippen molar-refractivity contribution in [2.45, 2.75) is 39.3 Å². The molecule has 3 rings (SSSR count). The van der Waals surface area contributed by atoms with Crippen molar-refractivity contribution in [2.24, 2.45) is 13.0 Å². The maximum Gasteiger partial charge on any atom is 0.228 e. The summed E-state index contributed by atoms with van der Waals surface area (Å²) >= 11 is 1.77. The minimum Gasteiger partial charge on any atom is -0.335 e. The number of amides is 1. The van der Waals surface area contributed by atoms with Crippen molar-refractivity contribution >= 4 is 29.7 Å². The molecule has 0 aliphatic carbocycles. The van der Waals surface area contributed by atoms with Gasteiger partial charge in [-0.2, -0.15) is 5.10 Å². The zero-order valence-corrected chi connectivity index (χ0v) is 16.9. The number of carbonyl (C=O) groups excluding carboxylic acids is 1. The second-order valence-electron chi connectivity index (χ2n) is 6.89.